The quantitative estimate of drug-likeness (QED) is 0.809. The fourth-order valence-corrected chi connectivity index (χ4v) is 3.96. The summed E-state index contributed by atoms with van der Waals surface area (Å²) in [5, 5.41) is 18.7. The Kier molecular flexibility index (Phi) is 5.33. The number of amides is 2. The molecule has 0 fully saturated rings. The summed E-state index contributed by atoms with van der Waals surface area (Å²) in [6, 6.07) is 15.0. The number of hydrogen-bond acceptors (Lipinski definition) is 5. The van der Waals surface area contributed by atoms with Gasteiger partial charge in [-0.25, -0.2) is 4.79 Å². The molecule has 0 radical (unpaired) electrons. The van der Waals surface area contributed by atoms with E-state index in [2.05, 4.69) is 12.1 Å². The summed E-state index contributed by atoms with van der Waals surface area (Å²) in [6.45, 7) is -0.511. The Bertz CT molecular complexity index is 912. The number of nitrogens with zero attached hydrogens (tertiary/aromatic N) is 2. The first-order valence-electron chi connectivity index (χ1n) is 9.49. The Morgan fingerprint density at radius 2 is 1.59 bits per heavy atom. The number of benzene rings is 2. The van der Waals surface area contributed by atoms with Gasteiger partial charge in [-0.05, 0) is 22.3 Å². The van der Waals surface area contributed by atoms with Crippen molar-refractivity contribution >= 4 is 12.0 Å². The van der Waals surface area contributed by atoms with E-state index in [4.69, 9.17) is 9.84 Å². The fourth-order valence-electron chi connectivity index (χ4n) is 3.96. The molecule has 150 valence electrons. The molecule has 2 amide bonds. The molecule has 7 nitrogen and oxygen atoms in total. The molecular weight excluding hydrogens is 372 g/mol. The summed E-state index contributed by atoms with van der Waals surface area (Å²) < 4.78 is 5.56. The zero-order chi connectivity index (χ0) is 20.4. The van der Waals surface area contributed by atoms with Gasteiger partial charge in [0.1, 0.15) is 12.6 Å². The number of ether oxygens (including phenoxy) is 1. The standard InChI is InChI=1S/C22H22N2O5/c25-12-11-23-9-10-24(20(13-26)21(23)27)22(28)29-14-19-17-7-3-1-5-15(17)16-6-2-4-8-18(16)19/h1-10,19-20,25-26H,11-14H2/t20-/m0/s1. The normalized spacial score (nSPS) is 18.0. The molecule has 1 aliphatic heterocycles. The topological polar surface area (TPSA) is 90.3 Å². The first-order chi connectivity index (χ1) is 14.2. The third kappa shape index (κ3) is 3.39. The van der Waals surface area contributed by atoms with Gasteiger partial charge < -0.3 is 19.8 Å². The van der Waals surface area contributed by atoms with Crippen molar-refractivity contribution < 1.29 is 24.5 Å². The van der Waals surface area contributed by atoms with Gasteiger partial charge >= 0.3 is 6.09 Å². The first kappa shape index (κ1) is 19.2. The first-order valence-corrected chi connectivity index (χ1v) is 9.49. The zero-order valence-electron chi connectivity index (χ0n) is 15.8. The second kappa shape index (κ2) is 8.06. The zero-order valence-corrected chi connectivity index (χ0v) is 15.8. The van der Waals surface area contributed by atoms with Crippen molar-refractivity contribution in [1.82, 2.24) is 9.80 Å². The van der Waals surface area contributed by atoms with E-state index in [0.717, 1.165) is 27.2 Å². The van der Waals surface area contributed by atoms with E-state index in [0.29, 0.717) is 0 Å². The lowest BCUT2D eigenvalue weighted by Gasteiger charge is -2.34. The summed E-state index contributed by atoms with van der Waals surface area (Å²) in [7, 11) is 0. The van der Waals surface area contributed by atoms with Crippen LogP contribution >= 0.6 is 0 Å². The van der Waals surface area contributed by atoms with Crippen molar-refractivity contribution in [3.8, 4) is 11.1 Å². The largest absolute Gasteiger partial charge is 0.448 e. The van der Waals surface area contributed by atoms with Crippen LogP contribution in [0.2, 0.25) is 0 Å². The van der Waals surface area contributed by atoms with Crippen molar-refractivity contribution in [2.45, 2.75) is 12.0 Å². The van der Waals surface area contributed by atoms with Crippen LogP contribution in [0.1, 0.15) is 17.0 Å². The van der Waals surface area contributed by atoms with Gasteiger partial charge in [0.15, 0.2) is 0 Å². The Labute approximate surface area is 168 Å². The van der Waals surface area contributed by atoms with Crippen LogP contribution in [0, 0.1) is 0 Å². The summed E-state index contributed by atoms with van der Waals surface area (Å²) in [5.74, 6) is -0.549. The van der Waals surface area contributed by atoms with Crippen LogP contribution in [-0.2, 0) is 9.53 Å². The Hall–Kier alpha value is -3.16. The molecule has 0 saturated carbocycles. The smallest absolute Gasteiger partial charge is 0.414 e. The summed E-state index contributed by atoms with van der Waals surface area (Å²) in [4.78, 5) is 27.5. The van der Waals surface area contributed by atoms with Gasteiger partial charge in [-0.1, -0.05) is 48.5 Å². The van der Waals surface area contributed by atoms with Crippen LogP contribution in [-0.4, -0.2) is 64.4 Å². The third-order valence-electron chi connectivity index (χ3n) is 5.37. The van der Waals surface area contributed by atoms with E-state index >= 15 is 0 Å². The third-order valence-corrected chi connectivity index (χ3v) is 5.37. The average molecular weight is 394 g/mol. The number of carbonyl (C=O) groups is 2. The van der Waals surface area contributed by atoms with Gasteiger partial charge in [0, 0.05) is 24.9 Å². The highest BCUT2D eigenvalue weighted by Gasteiger charge is 2.36. The van der Waals surface area contributed by atoms with Gasteiger partial charge in [-0.3, -0.25) is 9.69 Å². The molecule has 0 aromatic heterocycles. The highest BCUT2D eigenvalue weighted by atomic mass is 16.6. The number of hydrogen-bond donors (Lipinski definition) is 2. The minimum atomic E-state index is -1.07. The Balaban J connectivity index is 1.52. The molecule has 0 spiro atoms. The SMILES string of the molecule is O=C1[C@H](CO)N(C(=O)OCC2c3ccccc3-c3ccccc32)C=CN1CCO. The molecule has 0 saturated heterocycles. The molecule has 0 unspecified atom stereocenters. The van der Waals surface area contributed by atoms with E-state index < -0.39 is 24.6 Å². The number of fused-ring (bicyclic) bond motifs is 3. The maximum absolute atomic E-state index is 12.7. The lowest BCUT2D eigenvalue weighted by Crippen LogP contribution is -2.53. The molecule has 7 heteroatoms. The molecule has 0 bridgehead atoms. The molecule has 2 aliphatic rings. The lowest BCUT2D eigenvalue weighted by atomic mass is 9.98. The monoisotopic (exact) mass is 394 g/mol. The summed E-state index contributed by atoms with van der Waals surface area (Å²) >= 11 is 0. The Morgan fingerprint density at radius 1 is 0.966 bits per heavy atom. The number of rotatable bonds is 5. The van der Waals surface area contributed by atoms with E-state index in [9.17, 15) is 14.7 Å². The van der Waals surface area contributed by atoms with Crippen LogP contribution in [0.3, 0.4) is 0 Å². The maximum atomic E-state index is 12.7. The summed E-state index contributed by atoms with van der Waals surface area (Å²) in [5.41, 5.74) is 4.45. The fraction of sp³-hybridized carbons (Fsp3) is 0.273. The van der Waals surface area contributed by atoms with Crippen molar-refractivity contribution in [3.05, 3.63) is 72.1 Å². The number of carbonyl (C=O) groups excluding carboxylic acids is 2. The highest BCUT2D eigenvalue weighted by molar-refractivity contribution is 5.88. The van der Waals surface area contributed by atoms with Gasteiger partial charge in [0.05, 0.1) is 13.2 Å². The van der Waals surface area contributed by atoms with Gasteiger partial charge in [-0.2, -0.15) is 0 Å². The molecule has 1 aliphatic carbocycles. The molecule has 29 heavy (non-hydrogen) atoms. The summed E-state index contributed by atoms with van der Waals surface area (Å²) in [6.07, 6.45) is 2.11. The van der Waals surface area contributed by atoms with E-state index in [-0.39, 0.29) is 25.7 Å². The van der Waals surface area contributed by atoms with Gasteiger partial charge in [-0.15, -0.1) is 0 Å². The minimum Gasteiger partial charge on any atom is -0.448 e. The molecule has 1 atom stereocenters. The number of aliphatic hydroxyl groups excluding tert-OH is 2. The second-order valence-corrected chi connectivity index (χ2v) is 6.96. The predicted molar refractivity (Wildman–Crippen MR) is 106 cm³/mol. The minimum absolute atomic E-state index is 0.0886. The van der Waals surface area contributed by atoms with Crippen LogP contribution in [0.25, 0.3) is 11.1 Å². The average Bonchev–Trinajstić information content (AvgIpc) is 3.07. The van der Waals surface area contributed by atoms with Crippen molar-refractivity contribution in [1.29, 1.82) is 0 Å². The van der Waals surface area contributed by atoms with Gasteiger partial charge in [0.25, 0.3) is 5.91 Å². The van der Waals surface area contributed by atoms with Crippen LogP contribution in [0.4, 0.5) is 4.79 Å². The number of β-amino-alcohol motifs (C(OH)–C–C–N with tert-alkyl or cyclic N) is 1. The van der Waals surface area contributed by atoms with Crippen molar-refractivity contribution in [2.75, 3.05) is 26.4 Å². The maximum Gasteiger partial charge on any atom is 0.414 e. The lowest BCUT2D eigenvalue weighted by molar-refractivity contribution is -0.136. The van der Waals surface area contributed by atoms with Crippen LogP contribution in [0.15, 0.2) is 60.9 Å². The Morgan fingerprint density at radius 3 is 2.17 bits per heavy atom. The molecular formula is C22H22N2O5. The molecule has 4 rings (SSSR count). The predicted octanol–water partition coefficient (Wildman–Crippen LogP) is 1.90. The van der Waals surface area contributed by atoms with Crippen LogP contribution < -0.4 is 0 Å². The van der Waals surface area contributed by atoms with Crippen LogP contribution in [0.5, 0.6) is 0 Å². The van der Waals surface area contributed by atoms with E-state index in [1.54, 1.807) is 0 Å². The van der Waals surface area contributed by atoms with Crippen molar-refractivity contribution in [2.24, 2.45) is 0 Å². The van der Waals surface area contributed by atoms with Gasteiger partial charge in [0.2, 0.25) is 0 Å². The van der Waals surface area contributed by atoms with Crippen molar-refractivity contribution in [3.63, 3.8) is 0 Å². The van der Waals surface area contributed by atoms with E-state index in [1.807, 2.05) is 36.4 Å². The number of aliphatic hydroxyl groups is 2. The highest BCUT2D eigenvalue weighted by Crippen LogP contribution is 2.44. The molecule has 1 heterocycles. The second-order valence-electron chi connectivity index (χ2n) is 6.96. The molecule has 2 aromatic carbocycles. The molecule has 2 N–H and O–H groups in total. The van der Waals surface area contributed by atoms with E-state index in [1.165, 1.54) is 17.3 Å². The molecule has 2 aromatic rings.